The van der Waals surface area contributed by atoms with Crippen LogP contribution in [-0.4, -0.2) is 26.4 Å². The minimum absolute atomic E-state index is 0.0146. The first-order valence-electron chi connectivity index (χ1n) is 9.07. The lowest BCUT2D eigenvalue weighted by Crippen LogP contribution is -2.26. The van der Waals surface area contributed by atoms with Gasteiger partial charge in [0.15, 0.2) is 0 Å². The summed E-state index contributed by atoms with van der Waals surface area (Å²) in [6.07, 6.45) is 6.02. The molecule has 0 saturated carbocycles. The third-order valence-electron chi connectivity index (χ3n) is 4.29. The van der Waals surface area contributed by atoms with Crippen LogP contribution in [0.4, 0.5) is 0 Å². The monoisotopic (exact) mass is 369 g/mol. The topological polar surface area (TPSA) is 79.5 Å². The molecule has 0 aliphatic carbocycles. The summed E-state index contributed by atoms with van der Waals surface area (Å²) in [5, 5.41) is 18.9. The number of hydrogen-bond acceptors (Lipinski definition) is 3. The second kappa shape index (κ2) is 8.82. The van der Waals surface area contributed by atoms with Gasteiger partial charge in [0, 0.05) is 18.2 Å². The molecule has 0 atom stereocenters. The number of aliphatic carboxylic acids is 1. The lowest BCUT2D eigenvalue weighted by molar-refractivity contribution is -0.137. The fourth-order valence-electron chi connectivity index (χ4n) is 2.96. The Balaban J connectivity index is 2.46. The highest BCUT2D eigenvalue weighted by Gasteiger charge is 2.14. The molecule has 0 amide bonds. The van der Waals surface area contributed by atoms with E-state index in [1.54, 1.807) is 30.6 Å². The van der Waals surface area contributed by atoms with E-state index >= 15 is 0 Å². The number of benzene rings is 1. The standard InChI is InChI=1S/C22H27NO4/c1-16-14-23(15-17-8-5-4-6-9-17)21(26)19(10-7-11-20(24)25)18(16)12-13-22(2,3)27/h4-6,8-9,12-14,27H,7,10-11,15H2,1-3H3,(H,24,25). The molecule has 0 spiro atoms. The van der Waals surface area contributed by atoms with Crippen molar-refractivity contribution in [1.29, 1.82) is 0 Å². The van der Waals surface area contributed by atoms with Crippen molar-refractivity contribution in [1.82, 2.24) is 4.57 Å². The van der Waals surface area contributed by atoms with Crippen LogP contribution in [0.15, 0.2) is 47.4 Å². The molecule has 5 heteroatoms. The number of aryl methyl sites for hydroxylation is 1. The minimum Gasteiger partial charge on any atom is -0.481 e. The third-order valence-corrected chi connectivity index (χ3v) is 4.29. The van der Waals surface area contributed by atoms with Gasteiger partial charge in [0.2, 0.25) is 0 Å². The summed E-state index contributed by atoms with van der Waals surface area (Å²) in [4.78, 5) is 23.9. The molecule has 0 bridgehead atoms. The molecule has 0 aliphatic heterocycles. The SMILES string of the molecule is Cc1cn(Cc2ccccc2)c(=O)c(CCCC(=O)O)c1C=CC(C)(C)O. The molecule has 0 fully saturated rings. The van der Waals surface area contributed by atoms with E-state index in [4.69, 9.17) is 5.11 Å². The lowest BCUT2D eigenvalue weighted by atomic mass is 9.97. The van der Waals surface area contributed by atoms with Gasteiger partial charge in [0.25, 0.3) is 5.56 Å². The number of aromatic nitrogens is 1. The Morgan fingerprint density at radius 2 is 1.89 bits per heavy atom. The minimum atomic E-state index is -0.996. The zero-order chi connectivity index (χ0) is 20.0. The van der Waals surface area contributed by atoms with E-state index < -0.39 is 11.6 Å². The number of carboxylic acid groups (broad SMARTS) is 1. The molecule has 27 heavy (non-hydrogen) atoms. The largest absolute Gasteiger partial charge is 0.481 e. The van der Waals surface area contributed by atoms with Gasteiger partial charge < -0.3 is 14.8 Å². The van der Waals surface area contributed by atoms with Crippen molar-refractivity contribution in [3.63, 3.8) is 0 Å². The molecule has 0 saturated heterocycles. The van der Waals surface area contributed by atoms with Crippen LogP contribution < -0.4 is 5.56 Å². The summed E-state index contributed by atoms with van der Waals surface area (Å²) in [5.41, 5.74) is 2.17. The Bertz CT molecular complexity index is 874. The second-order valence-electron chi connectivity index (χ2n) is 7.36. The molecular formula is C22H27NO4. The first-order valence-corrected chi connectivity index (χ1v) is 9.07. The van der Waals surface area contributed by atoms with Crippen LogP contribution in [0, 0.1) is 6.92 Å². The number of carboxylic acids is 1. The smallest absolute Gasteiger partial charge is 0.303 e. The number of carbonyl (C=O) groups is 1. The summed E-state index contributed by atoms with van der Waals surface area (Å²) in [6.45, 7) is 5.72. The number of hydrogen-bond donors (Lipinski definition) is 2. The van der Waals surface area contributed by atoms with Crippen LogP contribution in [0.2, 0.25) is 0 Å². The summed E-state index contributed by atoms with van der Waals surface area (Å²) >= 11 is 0. The summed E-state index contributed by atoms with van der Waals surface area (Å²) in [5.74, 6) is -0.874. The molecule has 2 rings (SSSR count). The maximum atomic E-state index is 13.1. The van der Waals surface area contributed by atoms with Crippen LogP contribution >= 0.6 is 0 Å². The Morgan fingerprint density at radius 1 is 1.22 bits per heavy atom. The van der Waals surface area contributed by atoms with Gasteiger partial charge in [-0.25, -0.2) is 0 Å². The third kappa shape index (κ3) is 6.22. The zero-order valence-electron chi connectivity index (χ0n) is 16.1. The average molecular weight is 369 g/mol. The van der Waals surface area contributed by atoms with E-state index in [1.165, 1.54) is 0 Å². The zero-order valence-corrected chi connectivity index (χ0v) is 16.1. The van der Waals surface area contributed by atoms with Crippen molar-refractivity contribution >= 4 is 12.0 Å². The Kier molecular flexibility index (Phi) is 6.75. The quantitative estimate of drug-likeness (QED) is 0.747. The van der Waals surface area contributed by atoms with Gasteiger partial charge in [0.1, 0.15) is 0 Å². The van der Waals surface area contributed by atoms with Crippen molar-refractivity contribution in [2.24, 2.45) is 0 Å². The van der Waals surface area contributed by atoms with Gasteiger partial charge >= 0.3 is 5.97 Å². The predicted octanol–water partition coefficient (Wildman–Crippen LogP) is 3.40. The van der Waals surface area contributed by atoms with E-state index in [9.17, 15) is 14.7 Å². The molecule has 1 heterocycles. The molecule has 2 aromatic rings. The first-order chi connectivity index (χ1) is 12.7. The number of rotatable bonds is 8. The molecule has 2 N–H and O–H groups in total. The van der Waals surface area contributed by atoms with E-state index in [0.29, 0.717) is 24.9 Å². The Hall–Kier alpha value is -2.66. The van der Waals surface area contributed by atoms with Crippen LogP contribution in [0.25, 0.3) is 6.08 Å². The molecule has 1 aromatic carbocycles. The van der Waals surface area contributed by atoms with Crippen LogP contribution in [0.5, 0.6) is 0 Å². The fourth-order valence-corrected chi connectivity index (χ4v) is 2.96. The normalized spacial score (nSPS) is 11.9. The Labute approximate surface area is 159 Å². The van der Waals surface area contributed by atoms with Gasteiger partial charge in [-0.15, -0.1) is 0 Å². The number of nitrogens with zero attached hydrogens (tertiary/aromatic N) is 1. The molecule has 0 unspecified atom stereocenters. The van der Waals surface area contributed by atoms with Crippen LogP contribution in [0.1, 0.15) is 48.9 Å². The highest BCUT2D eigenvalue weighted by molar-refractivity contribution is 5.66. The Morgan fingerprint density at radius 3 is 2.48 bits per heavy atom. The molecular weight excluding hydrogens is 342 g/mol. The van der Waals surface area contributed by atoms with Gasteiger partial charge in [-0.05, 0) is 50.3 Å². The van der Waals surface area contributed by atoms with E-state index in [2.05, 4.69) is 0 Å². The van der Waals surface area contributed by atoms with Crippen LogP contribution in [0.3, 0.4) is 0 Å². The lowest BCUT2D eigenvalue weighted by Gasteiger charge is -2.16. The van der Waals surface area contributed by atoms with Gasteiger partial charge in [-0.3, -0.25) is 9.59 Å². The number of pyridine rings is 1. The van der Waals surface area contributed by atoms with Gasteiger partial charge in [-0.1, -0.05) is 42.5 Å². The van der Waals surface area contributed by atoms with Crippen molar-refractivity contribution in [3.8, 4) is 0 Å². The highest BCUT2D eigenvalue weighted by Crippen LogP contribution is 2.18. The van der Waals surface area contributed by atoms with E-state index in [0.717, 1.165) is 16.7 Å². The predicted molar refractivity (Wildman–Crippen MR) is 107 cm³/mol. The summed E-state index contributed by atoms with van der Waals surface area (Å²) < 4.78 is 1.67. The maximum Gasteiger partial charge on any atom is 0.303 e. The van der Waals surface area contributed by atoms with Crippen molar-refractivity contribution in [2.75, 3.05) is 0 Å². The van der Waals surface area contributed by atoms with Crippen molar-refractivity contribution in [3.05, 3.63) is 75.2 Å². The molecule has 5 nitrogen and oxygen atoms in total. The second-order valence-corrected chi connectivity index (χ2v) is 7.36. The molecule has 144 valence electrons. The highest BCUT2D eigenvalue weighted by atomic mass is 16.4. The maximum absolute atomic E-state index is 13.1. The summed E-state index contributed by atoms with van der Waals surface area (Å²) in [6, 6.07) is 9.73. The number of aliphatic hydroxyl groups is 1. The van der Waals surface area contributed by atoms with E-state index in [1.807, 2.05) is 43.5 Å². The average Bonchev–Trinajstić information content (AvgIpc) is 2.58. The van der Waals surface area contributed by atoms with Gasteiger partial charge in [-0.2, -0.15) is 0 Å². The molecule has 0 radical (unpaired) electrons. The fraction of sp³-hybridized carbons (Fsp3) is 0.364. The first kappa shape index (κ1) is 20.6. The van der Waals surface area contributed by atoms with Crippen molar-refractivity contribution < 1.29 is 15.0 Å². The molecule has 0 aliphatic rings. The van der Waals surface area contributed by atoms with E-state index in [-0.39, 0.29) is 12.0 Å². The van der Waals surface area contributed by atoms with Crippen molar-refractivity contribution in [2.45, 2.75) is 52.2 Å². The summed E-state index contributed by atoms with van der Waals surface area (Å²) in [7, 11) is 0. The van der Waals surface area contributed by atoms with Crippen LogP contribution in [-0.2, 0) is 17.8 Å². The van der Waals surface area contributed by atoms with Gasteiger partial charge in [0.05, 0.1) is 12.1 Å². The molecule has 1 aromatic heterocycles.